The molecule has 0 amide bonds. The van der Waals surface area contributed by atoms with Crippen molar-refractivity contribution in [2.24, 2.45) is 5.41 Å². The van der Waals surface area contributed by atoms with Gasteiger partial charge in [0, 0.05) is 38.3 Å². The molecular formula is C17H34N2O. The Bertz CT molecular complexity index is 300. The molecule has 1 aliphatic carbocycles. The summed E-state index contributed by atoms with van der Waals surface area (Å²) < 4.78 is 5.63. The molecule has 3 nitrogen and oxygen atoms in total. The van der Waals surface area contributed by atoms with E-state index in [0.717, 1.165) is 12.6 Å². The lowest BCUT2D eigenvalue weighted by molar-refractivity contribution is -0.0109. The lowest BCUT2D eigenvalue weighted by atomic mass is 9.82. The molecule has 0 aromatic carbocycles. The monoisotopic (exact) mass is 282 g/mol. The van der Waals surface area contributed by atoms with Crippen molar-refractivity contribution >= 4 is 0 Å². The topological polar surface area (TPSA) is 24.5 Å². The van der Waals surface area contributed by atoms with E-state index in [0.29, 0.717) is 23.6 Å². The fourth-order valence-corrected chi connectivity index (χ4v) is 3.86. The molecule has 2 rings (SSSR count). The lowest BCUT2D eigenvalue weighted by Crippen LogP contribution is -2.63. The Kier molecular flexibility index (Phi) is 5.49. The van der Waals surface area contributed by atoms with Crippen LogP contribution < -0.4 is 5.32 Å². The Hall–Kier alpha value is -0.120. The van der Waals surface area contributed by atoms with E-state index in [1.807, 2.05) is 7.11 Å². The van der Waals surface area contributed by atoms with E-state index in [2.05, 4.69) is 37.9 Å². The van der Waals surface area contributed by atoms with Gasteiger partial charge in [0.05, 0.1) is 6.10 Å². The Morgan fingerprint density at radius 3 is 2.60 bits per heavy atom. The second-order valence-corrected chi connectivity index (χ2v) is 7.76. The normalized spacial score (nSPS) is 37.0. The minimum absolute atomic E-state index is 0.340. The molecule has 4 unspecified atom stereocenters. The van der Waals surface area contributed by atoms with Crippen LogP contribution in [-0.2, 0) is 4.74 Å². The summed E-state index contributed by atoms with van der Waals surface area (Å²) in [5, 5.41) is 3.78. The van der Waals surface area contributed by atoms with Crippen LogP contribution in [0, 0.1) is 5.41 Å². The SMILES string of the molecule is CCC1CNC(C(C)(C)C)CN1C1CCCC(OC)C1. The van der Waals surface area contributed by atoms with Gasteiger partial charge in [-0.15, -0.1) is 0 Å². The van der Waals surface area contributed by atoms with Crippen LogP contribution in [0.2, 0.25) is 0 Å². The third-order valence-electron chi connectivity index (χ3n) is 5.38. The minimum atomic E-state index is 0.340. The van der Waals surface area contributed by atoms with Gasteiger partial charge < -0.3 is 10.1 Å². The van der Waals surface area contributed by atoms with Crippen molar-refractivity contribution in [1.29, 1.82) is 0 Å². The molecule has 3 heteroatoms. The van der Waals surface area contributed by atoms with Crippen LogP contribution in [0.15, 0.2) is 0 Å². The van der Waals surface area contributed by atoms with E-state index >= 15 is 0 Å². The maximum absolute atomic E-state index is 5.63. The smallest absolute Gasteiger partial charge is 0.0586 e. The number of hydrogen-bond donors (Lipinski definition) is 1. The van der Waals surface area contributed by atoms with Crippen molar-refractivity contribution in [3.63, 3.8) is 0 Å². The van der Waals surface area contributed by atoms with Crippen molar-refractivity contribution in [3.8, 4) is 0 Å². The molecule has 2 aliphatic rings. The first-order chi connectivity index (χ1) is 9.45. The van der Waals surface area contributed by atoms with E-state index in [4.69, 9.17) is 4.74 Å². The van der Waals surface area contributed by atoms with E-state index in [1.165, 1.54) is 38.6 Å². The van der Waals surface area contributed by atoms with Crippen LogP contribution in [0.1, 0.15) is 59.8 Å². The highest BCUT2D eigenvalue weighted by molar-refractivity contribution is 4.95. The standard InChI is InChI=1S/C17H34N2O/c1-6-13-11-18-16(17(2,3)4)12-19(13)14-8-7-9-15(10-14)20-5/h13-16,18H,6-12H2,1-5H3. The summed E-state index contributed by atoms with van der Waals surface area (Å²) in [6, 6.07) is 2.04. The fraction of sp³-hybridized carbons (Fsp3) is 1.00. The third kappa shape index (κ3) is 3.75. The van der Waals surface area contributed by atoms with Crippen LogP contribution in [0.4, 0.5) is 0 Å². The van der Waals surface area contributed by atoms with E-state index in [9.17, 15) is 0 Å². The molecule has 1 saturated heterocycles. The molecule has 0 aromatic heterocycles. The van der Waals surface area contributed by atoms with Crippen molar-refractivity contribution in [2.75, 3.05) is 20.2 Å². The molecule has 1 N–H and O–H groups in total. The average molecular weight is 282 g/mol. The first-order valence-electron chi connectivity index (χ1n) is 8.47. The molecule has 0 radical (unpaired) electrons. The van der Waals surface area contributed by atoms with E-state index in [1.54, 1.807) is 0 Å². The first-order valence-corrected chi connectivity index (χ1v) is 8.47. The van der Waals surface area contributed by atoms with Gasteiger partial charge in [-0.05, 0) is 37.5 Å². The lowest BCUT2D eigenvalue weighted by Gasteiger charge is -2.49. The Morgan fingerprint density at radius 1 is 1.25 bits per heavy atom. The Morgan fingerprint density at radius 2 is 2.00 bits per heavy atom. The number of piperazine rings is 1. The van der Waals surface area contributed by atoms with E-state index in [-0.39, 0.29) is 0 Å². The van der Waals surface area contributed by atoms with Crippen molar-refractivity contribution in [2.45, 2.75) is 84.0 Å². The summed E-state index contributed by atoms with van der Waals surface area (Å²) >= 11 is 0. The number of rotatable bonds is 3. The number of nitrogens with one attached hydrogen (secondary N) is 1. The molecule has 0 aromatic rings. The van der Waals surface area contributed by atoms with Crippen LogP contribution in [0.3, 0.4) is 0 Å². The first kappa shape index (κ1) is 16.3. The molecule has 2 fully saturated rings. The van der Waals surface area contributed by atoms with Gasteiger partial charge in [-0.2, -0.15) is 0 Å². The zero-order valence-electron chi connectivity index (χ0n) is 14.1. The summed E-state index contributed by atoms with van der Waals surface area (Å²) in [4.78, 5) is 2.80. The fourth-order valence-electron chi connectivity index (χ4n) is 3.86. The number of ether oxygens (including phenoxy) is 1. The van der Waals surface area contributed by atoms with Gasteiger partial charge in [-0.1, -0.05) is 27.7 Å². The van der Waals surface area contributed by atoms with Crippen LogP contribution >= 0.6 is 0 Å². The summed E-state index contributed by atoms with van der Waals surface area (Å²) in [6.45, 7) is 11.7. The largest absolute Gasteiger partial charge is 0.381 e. The Balaban J connectivity index is 2.04. The molecule has 4 atom stereocenters. The van der Waals surface area contributed by atoms with E-state index < -0.39 is 0 Å². The molecule has 118 valence electrons. The van der Waals surface area contributed by atoms with Gasteiger partial charge in [0.1, 0.15) is 0 Å². The maximum Gasteiger partial charge on any atom is 0.0586 e. The molecule has 1 aliphatic heterocycles. The van der Waals surface area contributed by atoms with Crippen LogP contribution in [0.25, 0.3) is 0 Å². The highest BCUT2D eigenvalue weighted by Gasteiger charge is 2.38. The molecule has 20 heavy (non-hydrogen) atoms. The molecule has 1 heterocycles. The molecule has 0 bridgehead atoms. The van der Waals surface area contributed by atoms with Crippen molar-refractivity contribution in [1.82, 2.24) is 10.2 Å². The molecule has 1 saturated carbocycles. The summed E-state index contributed by atoms with van der Waals surface area (Å²) in [5.74, 6) is 0. The van der Waals surface area contributed by atoms with Gasteiger partial charge >= 0.3 is 0 Å². The predicted octanol–water partition coefficient (Wildman–Crippen LogP) is 3.04. The van der Waals surface area contributed by atoms with Gasteiger partial charge in [-0.25, -0.2) is 0 Å². The molecular weight excluding hydrogens is 248 g/mol. The zero-order chi connectivity index (χ0) is 14.8. The van der Waals surface area contributed by atoms with Crippen LogP contribution in [-0.4, -0.2) is 49.3 Å². The highest BCUT2D eigenvalue weighted by Crippen LogP contribution is 2.31. The third-order valence-corrected chi connectivity index (χ3v) is 5.38. The summed E-state index contributed by atoms with van der Waals surface area (Å²) in [5.41, 5.74) is 0.340. The quantitative estimate of drug-likeness (QED) is 0.861. The molecule has 0 spiro atoms. The van der Waals surface area contributed by atoms with Crippen molar-refractivity contribution < 1.29 is 4.74 Å². The summed E-state index contributed by atoms with van der Waals surface area (Å²) in [7, 11) is 1.88. The van der Waals surface area contributed by atoms with Crippen LogP contribution in [0.5, 0.6) is 0 Å². The second kappa shape index (κ2) is 6.76. The number of hydrogen-bond acceptors (Lipinski definition) is 3. The predicted molar refractivity (Wildman–Crippen MR) is 85.1 cm³/mol. The summed E-state index contributed by atoms with van der Waals surface area (Å²) in [6.07, 6.45) is 6.88. The zero-order valence-corrected chi connectivity index (χ0v) is 14.1. The Labute approximate surface area is 125 Å². The van der Waals surface area contributed by atoms with Gasteiger partial charge in [-0.3, -0.25) is 4.90 Å². The highest BCUT2D eigenvalue weighted by atomic mass is 16.5. The van der Waals surface area contributed by atoms with Crippen molar-refractivity contribution in [3.05, 3.63) is 0 Å². The number of methoxy groups -OCH3 is 1. The van der Waals surface area contributed by atoms with Gasteiger partial charge in [0.25, 0.3) is 0 Å². The average Bonchev–Trinajstić information content (AvgIpc) is 2.45. The van der Waals surface area contributed by atoms with Gasteiger partial charge in [0.2, 0.25) is 0 Å². The number of nitrogens with zero attached hydrogens (tertiary/aromatic N) is 1. The minimum Gasteiger partial charge on any atom is -0.381 e. The maximum atomic E-state index is 5.63. The van der Waals surface area contributed by atoms with Gasteiger partial charge in [0.15, 0.2) is 0 Å². The second-order valence-electron chi connectivity index (χ2n) is 7.76.